The smallest absolute Gasteiger partial charge is 0.123 e. The van der Waals surface area contributed by atoms with Crippen molar-refractivity contribution in [1.82, 2.24) is 0 Å². The predicted molar refractivity (Wildman–Crippen MR) is 108 cm³/mol. The minimum atomic E-state index is -0.764. The summed E-state index contributed by atoms with van der Waals surface area (Å²) in [6.07, 6.45) is 0.800. The Hall–Kier alpha value is -1.49. The fourth-order valence-electron chi connectivity index (χ4n) is 4.99. The Morgan fingerprint density at radius 1 is 1.04 bits per heavy atom. The molecule has 1 N–H and O–H groups in total. The topological polar surface area (TPSA) is 46.5 Å². The van der Waals surface area contributed by atoms with Gasteiger partial charge in [-0.15, -0.1) is 0 Å². The monoisotopic (exact) mass is 428 g/mol. The van der Waals surface area contributed by atoms with Crippen molar-refractivity contribution in [3.05, 3.63) is 71.8 Å². The first-order valence-electron chi connectivity index (χ1n) is 9.64. The van der Waals surface area contributed by atoms with E-state index in [1.54, 1.807) is 0 Å². The second-order valence-corrected chi connectivity index (χ2v) is 8.93. The minimum Gasteiger partial charge on any atom is -0.385 e. The van der Waals surface area contributed by atoms with E-state index in [0.29, 0.717) is 11.8 Å². The van der Waals surface area contributed by atoms with Crippen LogP contribution in [0.1, 0.15) is 36.7 Å². The lowest BCUT2D eigenvalue weighted by Gasteiger charge is -2.38. The maximum Gasteiger partial charge on any atom is 0.123 e. The van der Waals surface area contributed by atoms with Crippen LogP contribution in [0.4, 0.5) is 0 Å². The van der Waals surface area contributed by atoms with Gasteiger partial charge in [-0.3, -0.25) is 0 Å². The minimum absolute atomic E-state index is 0.0408. The van der Waals surface area contributed by atoms with Gasteiger partial charge in [0.05, 0.1) is 6.10 Å². The normalized spacial score (nSPS) is 34.3. The van der Waals surface area contributed by atoms with E-state index in [0.717, 1.165) is 23.8 Å². The summed E-state index contributed by atoms with van der Waals surface area (Å²) < 4.78 is 6.58. The summed E-state index contributed by atoms with van der Waals surface area (Å²) in [5.74, 6) is 1.08. The number of aliphatic hydroxyl groups is 1. The molecule has 2 fully saturated rings. The van der Waals surface area contributed by atoms with Gasteiger partial charge in [-0.05, 0) is 35.3 Å². The molecule has 27 heavy (non-hydrogen) atoms. The number of rotatable bonds is 6. The van der Waals surface area contributed by atoms with Crippen molar-refractivity contribution in [2.45, 2.75) is 36.5 Å². The average molecular weight is 429 g/mol. The summed E-state index contributed by atoms with van der Waals surface area (Å²) in [7, 11) is 0. The van der Waals surface area contributed by atoms with Crippen molar-refractivity contribution < 1.29 is 14.6 Å². The summed E-state index contributed by atoms with van der Waals surface area (Å²) in [4.78, 5) is 11.9. The SMILES string of the molecule is C[C@H]1[C@H](C=O)[C@H]2C[C@@H]1[C@H](Br)[C@H]2O[C@@H](c1ccccc1)[C@@H](O)c1ccccc1. The lowest BCUT2D eigenvalue weighted by Crippen LogP contribution is -2.41. The van der Waals surface area contributed by atoms with Crippen molar-refractivity contribution in [3.63, 3.8) is 0 Å². The summed E-state index contributed by atoms with van der Waals surface area (Å²) >= 11 is 3.84. The Balaban J connectivity index is 1.63. The van der Waals surface area contributed by atoms with Gasteiger partial charge < -0.3 is 14.6 Å². The van der Waals surface area contributed by atoms with Gasteiger partial charge in [0.1, 0.15) is 18.5 Å². The van der Waals surface area contributed by atoms with Gasteiger partial charge in [-0.2, -0.15) is 0 Å². The molecule has 142 valence electrons. The zero-order valence-electron chi connectivity index (χ0n) is 15.3. The Morgan fingerprint density at radius 3 is 2.19 bits per heavy atom. The molecular weight excluding hydrogens is 404 g/mol. The number of benzene rings is 2. The molecule has 0 aliphatic heterocycles. The number of ether oxygens (including phenoxy) is 1. The third kappa shape index (κ3) is 3.39. The fourth-order valence-corrected chi connectivity index (χ4v) is 6.20. The van der Waals surface area contributed by atoms with Crippen molar-refractivity contribution in [2.24, 2.45) is 23.7 Å². The number of alkyl halides is 1. The van der Waals surface area contributed by atoms with Crippen molar-refractivity contribution in [2.75, 3.05) is 0 Å². The van der Waals surface area contributed by atoms with Gasteiger partial charge in [-0.25, -0.2) is 0 Å². The first-order valence-corrected chi connectivity index (χ1v) is 10.6. The number of halogens is 1. The van der Waals surface area contributed by atoms with Gasteiger partial charge in [0.15, 0.2) is 0 Å². The lowest BCUT2D eigenvalue weighted by atomic mass is 9.79. The molecule has 0 unspecified atom stereocenters. The Bertz CT molecular complexity index is 766. The number of hydrogen-bond acceptors (Lipinski definition) is 3. The second kappa shape index (κ2) is 7.86. The van der Waals surface area contributed by atoms with Crippen LogP contribution in [-0.4, -0.2) is 22.3 Å². The molecule has 2 bridgehead atoms. The van der Waals surface area contributed by atoms with Gasteiger partial charge in [-0.1, -0.05) is 83.5 Å². The van der Waals surface area contributed by atoms with Crippen LogP contribution in [-0.2, 0) is 9.53 Å². The number of aldehydes is 1. The summed E-state index contributed by atoms with van der Waals surface area (Å²) in [6, 6.07) is 19.5. The second-order valence-electron chi connectivity index (χ2n) is 7.87. The molecule has 0 amide bonds. The van der Waals surface area contributed by atoms with Gasteiger partial charge in [0, 0.05) is 10.7 Å². The molecule has 2 aliphatic rings. The maximum atomic E-state index is 11.7. The Morgan fingerprint density at radius 2 is 1.63 bits per heavy atom. The highest BCUT2D eigenvalue weighted by Crippen LogP contribution is 2.56. The van der Waals surface area contributed by atoms with Crippen molar-refractivity contribution >= 4 is 22.2 Å². The van der Waals surface area contributed by atoms with Crippen LogP contribution < -0.4 is 0 Å². The first kappa shape index (κ1) is 18.9. The molecule has 2 aliphatic carbocycles. The number of carbonyl (C=O) groups excluding carboxylic acids is 1. The molecular formula is C23H25BrO3. The quantitative estimate of drug-likeness (QED) is 0.535. The Labute approximate surface area is 168 Å². The van der Waals surface area contributed by atoms with Gasteiger partial charge in [0.25, 0.3) is 0 Å². The highest BCUT2D eigenvalue weighted by Gasteiger charge is 2.57. The number of fused-ring (bicyclic) bond motifs is 2. The molecule has 3 nitrogen and oxygen atoms in total. The molecule has 0 saturated heterocycles. The summed E-state index contributed by atoms with van der Waals surface area (Å²) in [6.45, 7) is 2.17. The third-order valence-corrected chi connectivity index (χ3v) is 7.68. The van der Waals surface area contributed by atoms with Gasteiger partial charge >= 0.3 is 0 Å². The van der Waals surface area contributed by atoms with Crippen LogP contribution in [0.3, 0.4) is 0 Å². The van der Waals surface area contributed by atoms with Crippen LogP contribution in [0.25, 0.3) is 0 Å². The van der Waals surface area contributed by atoms with E-state index < -0.39 is 12.2 Å². The van der Waals surface area contributed by atoms with Crippen LogP contribution in [0, 0.1) is 23.7 Å². The van der Waals surface area contributed by atoms with Crippen LogP contribution in [0.15, 0.2) is 60.7 Å². The van der Waals surface area contributed by atoms with Crippen molar-refractivity contribution in [1.29, 1.82) is 0 Å². The predicted octanol–water partition coefficient (Wildman–Crippen LogP) is 4.71. The summed E-state index contributed by atoms with van der Waals surface area (Å²) in [5, 5.41) is 11.1. The number of hydrogen-bond donors (Lipinski definition) is 1. The average Bonchev–Trinajstić information content (AvgIpc) is 3.21. The molecule has 8 atom stereocenters. The van der Waals surface area contributed by atoms with E-state index in [9.17, 15) is 9.90 Å². The van der Waals surface area contributed by atoms with E-state index in [1.807, 2.05) is 60.7 Å². The molecule has 0 aromatic heterocycles. The molecule has 2 saturated carbocycles. The first-order chi connectivity index (χ1) is 13.1. The van der Waals surface area contributed by atoms with E-state index >= 15 is 0 Å². The molecule has 0 radical (unpaired) electrons. The Kier molecular flexibility index (Phi) is 5.49. The highest BCUT2D eigenvalue weighted by molar-refractivity contribution is 9.09. The van der Waals surface area contributed by atoms with Crippen molar-refractivity contribution in [3.8, 4) is 0 Å². The third-order valence-electron chi connectivity index (χ3n) is 6.48. The summed E-state index contributed by atoms with van der Waals surface area (Å²) in [5.41, 5.74) is 1.79. The lowest BCUT2D eigenvalue weighted by molar-refractivity contribution is -0.125. The number of carbonyl (C=O) groups is 1. The maximum absolute atomic E-state index is 11.7. The fraction of sp³-hybridized carbons (Fsp3) is 0.435. The molecule has 2 aromatic rings. The molecule has 0 heterocycles. The van der Waals surface area contributed by atoms with Crippen LogP contribution >= 0.6 is 15.9 Å². The van der Waals surface area contributed by atoms with E-state index in [-0.39, 0.29) is 22.8 Å². The van der Waals surface area contributed by atoms with Crippen LogP contribution in [0.5, 0.6) is 0 Å². The highest BCUT2D eigenvalue weighted by atomic mass is 79.9. The number of aliphatic hydroxyl groups excluding tert-OH is 1. The molecule has 4 heteroatoms. The van der Waals surface area contributed by atoms with Crippen LogP contribution in [0.2, 0.25) is 0 Å². The van der Waals surface area contributed by atoms with E-state index in [4.69, 9.17) is 4.74 Å². The standard InChI is InChI=1S/C23H25BrO3/c1-14-17-12-18(19(14)13-25)23(20(17)24)27-22(16-10-6-3-7-11-16)21(26)15-8-4-2-5-9-15/h2-11,13-14,17-23,26H,12H2,1H3/t14-,17+,18-,19+,20+,21+,22+,23+/m1/s1. The molecule has 0 spiro atoms. The zero-order chi connectivity index (χ0) is 19.0. The largest absolute Gasteiger partial charge is 0.385 e. The van der Waals surface area contributed by atoms with Gasteiger partial charge in [0.2, 0.25) is 0 Å². The zero-order valence-corrected chi connectivity index (χ0v) is 16.9. The molecule has 4 rings (SSSR count). The van der Waals surface area contributed by atoms with E-state index in [1.165, 1.54) is 0 Å². The molecule has 2 aromatic carbocycles. The van der Waals surface area contributed by atoms with E-state index in [2.05, 4.69) is 22.9 Å².